The summed E-state index contributed by atoms with van der Waals surface area (Å²) >= 11 is 2.24. The largest absolute Gasteiger partial charge is 0.497 e. The van der Waals surface area contributed by atoms with Crippen LogP contribution in [0.1, 0.15) is 23.2 Å². The lowest BCUT2D eigenvalue weighted by atomic mass is 10.0. The van der Waals surface area contributed by atoms with Gasteiger partial charge in [0.15, 0.2) is 0 Å². The van der Waals surface area contributed by atoms with Crippen molar-refractivity contribution in [3.05, 3.63) is 57.7 Å². The number of halogens is 1. The van der Waals surface area contributed by atoms with Crippen molar-refractivity contribution < 1.29 is 9.53 Å². The van der Waals surface area contributed by atoms with E-state index in [0.717, 1.165) is 40.8 Å². The van der Waals surface area contributed by atoms with Gasteiger partial charge in [0.25, 0.3) is 5.91 Å². The first-order valence-corrected chi connectivity index (χ1v) is 9.19. The van der Waals surface area contributed by atoms with E-state index in [9.17, 15) is 4.79 Å². The highest BCUT2D eigenvalue weighted by molar-refractivity contribution is 14.1. The van der Waals surface area contributed by atoms with Crippen LogP contribution in [0.2, 0.25) is 0 Å². The van der Waals surface area contributed by atoms with E-state index in [1.54, 1.807) is 7.11 Å². The highest BCUT2D eigenvalue weighted by Gasteiger charge is 2.21. The van der Waals surface area contributed by atoms with Crippen LogP contribution in [0.5, 0.6) is 5.75 Å². The molecule has 24 heavy (non-hydrogen) atoms. The Balaban J connectivity index is 1.52. The Morgan fingerprint density at radius 3 is 2.29 bits per heavy atom. The van der Waals surface area contributed by atoms with E-state index in [2.05, 4.69) is 44.9 Å². The standard InChI is InChI=1S/C19H21IN2O2/c1-24-18-8-6-17(7-9-18)22-12-10-16(11-13-22)21-19(23)14-2-4-15(20)5-3-14/h2-9,16H,10-13H2,1H3,(H,21,23). The molecule has 1 aliphatic heterocycles. The minimum absolute atomic E-state index is 0.0225. The molecule has 1 N–H and O–H groups in total. The van der Waals surface area contributed by atoms with Gasteiger partial charge in [-0.1, -0.05) is 0 Å². The summed E-state index contributed by atoms with van der Waals surface area (Å²) in [7, 11) is 1.68. The molecule has 0 spiro atoms. The third kappa shape index (κ3) is 4.20. The Morgan fingerprint density at radius 1 is 1.08 bits per heavy atom. The summed E-state index contributed by atoms with van der Waals surface area (Å²) in [5.74, 6) is 0.896. The van der Waals surface area contributed by atoms with Gasteiger partial charge in [-0.2, -0.15) is 0 Å². The molecule has 0 aliphatic carbocycles. The zero-order chi connectivity index (χ0) is 16.9. The average molecular weight is 436 g/mol. The normalized spacial score (nSPS) is 15.2. The summed E-state index contributed by atoms with van der Waals surface area (Å²) in [5, 5.41) is 3.16. The van der Waals surface area contributed by atoms with E-state index in [4.69, 9.17) is 4.74 Å². The van der Waals surface area contributed by atoms with Crippen molar-refractivity contribution in [3.8, 4) is 5.75 Å². The van der Waals surface area contributed by atoms with Gasteiger partial charge in [0.1, 0.15) is 5.75 Å². The molecule has 1 saturated heterocycles. The molecular weight excluding hydrogens is 415 g/mol. The third-order valence-corrected chi connectivity index (χ3v) is 5.09. The maximum Gasteiger partial charge on any atom is 0.251 e. The first kappa shape index (κ1) is 17.1. The topological polar surface area (TPSA) is 41.6 Å². The number of methoxy groups -OCH3 is 1. The number of piperidine rings is 1. The monoisotopic (exact) mass is 436 g/mol. The number of carbonyl (C=O) groups is 1. The Labute approximate surface area is 156 Å². The number of carbonyl (C=O) groups excluding carboxylic acids is 1. The van der Waals surface area contributed by atoms with Crippen LogP contribution in [0.3, 0.4) is 0 Å². The second-order valence-corrected chi connectivity index (χ2v) is 7.19. The molecule has 3 rings (SSSR count). The molecule has 4 nitrogen and oxygen atoms in total. The molecule has 2 aromatic carbocycles. The quantitative estimate of drug-likeness (QED) is 0.744. The van der Waals surface area contributed by atoms with Crippen molar-refractivity contribution in [3.63, 3.8) is 0 Å². The molecule has 1 amide bonds. The zero-order valence-corrected chi connectivity index (χ0v) is 15.8. The molecule has 126 valence electrons. The van der Waals surface area contributed by atoms with Gasteiger partial charge >= 0.3 is 0 Å². The van der Waals surface area contributed by atoms with Crippen molar-refractivity contribution in [1.29, 1.82) is 0 Å². The van der Waals surface area contributed by atoms with Gasteiger partial charge in [0.05, 0.1) is 7.11 Å². The van der Waals surface area contributed by atoms with Gasteiger partial charge in [-0.05, 0) is 84.0 Å². The summed E-state index contributed by atoms with van der Waals surface area (Å²) in [6.45, 7) is 1.90. The predicted octanol–water partition coefficient (Wildman–Crippen LogP) is 3.70. The van der Waals surface area contributed by atoms with Gasteiger partial charge in [-0.25, -0.2) is 0 Å². The molecule has 0 unspecified atom stereocenters. The lowest BCUT2D eigenvalue weighted by Crippen LogP contribution is -2.44. The van der Waals surface area contributed by atoms with E-state index >= 15 is 0 Å². The van der Waals surface area contributed by atoms with Crippen molar-refractivity contribution in [1.82, 2.24) is 5.32 Å². The van der Waals surface area contributed by atoms with Crippen LogP contribution < -0.4 is 15.0 Å². The summed E-state index contributed by atoms with van der Waals surface area (Å²) in [4.78, 5) is 14.7. The summed E-state index contributed by atoms with van der Waals surface area (Å²) < 4.78 is 6.34. The SMILES string of the molecule is COc1ccc(N2CCC(NC(=O)c3ccc(I)cc3)CC2)cc1. The summed E-state index contributed by atoms with van der Waals surface area (Å²) in [6.07, 6.45) is 1.92. The first-order chi connectivity index (χ1) is 11.7. The Bertz CT molecular complexity index is 678. The van der Waals surface area contributed by atoms with Crippen molar-refractivity contribution in [2.75, 3.05) is 25.1 Å². The number of nitrogens with zero attached hydrogens (tertiary/aromatic N) is 1. The van der Waals surface area contributed by atoms with Crippen LogP contribution >= 0.6 is 22.6 Å². The highest BCUT2D eigenvalue weighted by Crippen LogP contribution is 2.23. The number of anilines is 1. The van der Waals surface area contributed by atoms with Crippen LogP contribution in [-0.2, 0) is 0 Å². The molecule has 1 aliphatic rings. The van der Waals surface area contributed by atoms with Crippen LogP contribution in [0, 0.1) is 3.57 Å². The second-order valence-electron chi connectivity index (χ2n) is 5.94. The van der Waals surface area contributed by atoms with E-state index in [1.165, 1.54) is 5.69 Å². The molecule has 2 aromatic rings. The average Bonchev–Trinajstić information content (AvgIpc) is 2.63. The van der Waals surface area contributed by atoms with Crippen molar-refractivity contribution in [2.24, 2.45) is 0 Å². The van der Waals surface area contributed by atoms with Crippen LogP contribution in [0.15, 0.2) is 48.5 Å². The Hall–Kier alpha value is -1.76. The van der Waals surface area contributed by atoms with Crippen LogP contribution in [0.25, 0.3) is 0 Å². The van der Waals surface area contributed by atoms with E-state index in [0.29, 0.717) is 0 Å². The molecule has 0 aromatic heterocycles. The lowest BCUT2D eigenvalue weighted by Gasteiger charge is -2.34. The maximum atomic E-state index is 12.3. The number of nitrogens with one attached hydrogen (secondary N) is 1. The second kappa shape index (κ2) is 7.88. The number of ether oxygens (including phenoxy) is 1. The molecule has 5 heteroatoms. The predicted molar refractivity (Wildman–Crippen MR) is 105 cm³/mol. The number of amides is 1. The fraction of sp³-hybridized carbons (Fsp3) is 0.316. The molecular formula is C19H21IN2O2. The van der Waals surface area contributed by atoms with Crippen molar-refractivity contribution >= 4 is 34.2 Å². The Kier molecular flexibility index (Phi) is 5.60. The number of rotatable bonds is 4. The van der Waals surface area contributed by atoms with Gasteiger partial charge in [-0.3, -0.25) is 4.79 Å². The molecule has 1 heterocycles. The van der Waals surface area contributed by atoms with E-state index in [1.807, 2.05) is 36.4 Å². The zero-order valence-electron chi connectivity index (χ0n) is 13.7. The number of benzene rings is 2. The summed E-state index contributed by atoms with van der Waals surface area (Å²) in [6, 6.07) is 16.1. The number of hydrogen-bond donors (Lipinski definition) is 1. The molecule has 0 bridgehead atoms. The molecule has 0 atom stereocenters. The van der Waals surface area contributed by atoms with E-state index in [-0.39, 0.29) is 11.9 Å². The summed E-state index contributed by atoms with van der Waals surface area (Å²) in [5.41, 5.74) is 1.94. The molecule has 0 radical (unpaired) electrons. The van der Waals surface area contributed by atoms with E-state index < -0.39 is 0 Å². The molecule has 1 fully saturated rings. The lowest BCUT2D eigenvalue weighted by molar-refractivity contribution is 0.0931. The third-order valence-electron chi connectivity index (χ3n) is 4.37. The van der Waals surface area contributed by atoms with Gasteiger partial charge in [-0.15, -0.1) is 0 Å². The van der Waals surface area contributed by atoms with Crippen LogP contribution in [-0.4, -0.2) is 32.1 Å². The Morgan fingerprint density at radius 2 is 1.71 bits per heavy atom. The van der Waals surface area contributed by atoms with Crippen LogP contribution in [0.4, 0.5) is 5.69 Å². The minimum atomic E-state index is 0.0225. The fourth-order valence-corrected chi connectivity index (χ4v) is 3.30. The van der Waals surface area contributed by atoms with Gasteiger partial charge in [0, 0.05) is 34.0 Å². The maximum absolute atomic E-state index is 12.3. The number of hydrogen-bond acceptors (Lipinski definition) is 3. The smallest absolute Gasteiger partial charge is 0.251 e. The first-order valence-electron chi connectivity index (χ1n) is 8.11. The molecule has 0 saturated carbocycles. The fourth-order valence-electron chi connectivity index (χ4n) is 2.95. The van der Waals surface area contributed by atoms with Gasteiger partial charge in [0.2, 0.25) is 0 Å². The minimum Gasteiger partial charge on any atom is -0.497 e. The van der Waals surface area contributed by atoms with Crippen molar-refractivity contribution in [2.45, 2.75) is 18.9 Å². The van der Waals surface area contributed by atoms with Gasteiger partial charge < -0.3 is 15.0 Å². The highest BCUT2D eigenvalue weighted by atomic mass is 127.